The maximum atomic E-state index is 13.3. The number of rotatable bonds is 5. The second-order valence-electron chi connectivity index (χ2n) is 7.56. The smallest absolute Gasteiger partial charge is 0.252 e. The lowest BCUT2D eigenvalue weighted by Crippen LogP contribution is -2.27. The number of para-hydroxylation sites is 1. The third kappa shape index (κ3) is 3.47. The highest BCUT2D eigenvalue weighted by Gasteiger charge is 2.21. The van der Waals surface area contributed by atoms with Crippen molar-refractivity contribution in [1.82, 2.24) is 29.9 Å². The normalized spacial score (nSPS) is 12.3. The molecule has 1 unspecified atom stereocenters. The maximum Gasteiger partial charge on any atom is 0.252 e. The summed E-state index contributed by atoms with van der Waals surface area (Å²) in [5.41, 5.74) is 6.04. The molecule has 154 valence electrons. The standard InChI is InChI=1S/C23H26N6O/c1-6-29-13-17(12-24-29)21-11-19(18-9-7-8-10-20(18)26-21)23(30)25-14(2)22-15(3)27-28(5)16(22)4/h7-14H,6H2,1-5H3,(H,25,30). The van der Waals surface area contributed by atoms with Crippen molar-refractivity contribution in [3.05, 3.63) is 65.2 Å². The summed E-state index contributed by atoms with van der Waals surface area (Å²) in [5.74, 6) is -0.132. The number of nitrogens with zero attached hydrogens (tertiary/aromatic N) is 5. The van der Waals surface area contributed by atoms with Crippen molar-refractivity contribution in [2.45, 2.75) is 40.3 Å². The minimum Gasteiger partial charge on any atom is -0.345 e. The van der Waals surface area contributed by atoms with Crippen molar-refractivity contribution in [3.63, 3.8) is 0 Å². The zero-order valence-electron chi connectivity index (χ0n) is 18.0. The van der Waals surface area contributed by atoms with Crippen LogP contribution in [0.3, 0.4) is 0 Å². The molecular formula is C23H26N6O. The molecule has 0 radical (unpaired) electrons. The van der Waals surface area contributed by atoms with Crippen LogP contribution in [0.1, 0.15) is 47.2 Å². The van der Waals surface area contributed by atoms with Crippen LogP contribution in [-0.4, -0.2) is 30.5 Å². The van der Waals surface area contributed by atoms with Crippen LogP contribution in [0.25, 0.3) is 22.2 Å². The molecule has 4 aromatic rings. The van der Waals surface area contributed by atoms with E-state index in [-0.39, 0.29) is 11.9 Å². The van der Waals surface area contributed by atoms with E-state index in [1.54, 1.807) is 6.20 Å². The summed E-state index contributed by atoms with van der Waals surface area (Å²) in [6, 6.07) is 9.41. The van der Waals surface area contributed by atoms with Crippen molar-refractivity contribution in [2.75, 3.05) is 0 Å². The summed E-state index contributed by atoms with van der Waals surface area (Å²) in [6.07, 6.45) is 3.73. The van der Waals surface area contributed by atoms with Crippen molar-refractivity contribution < 1.29 is 4.79 Å². The van der Waals surface area contributed by atoms with Gasteiger partial charge in [0.2, 0.25) is 0 Å². The molecule has 1 aromatic carbocycles. The van der Waals surface area contributed by atoms with Crippen molar-refractivity contribution >= 4 is 16.8 Å². The molecule has 1 amide bonds. The molecule has 0 spiro atoms. The van der Waals surface area contributed by atoms with E-state index in [4.69, 9.17) is 4.98 Å². The van der Waals surface area contributed by atoms with E-state index < -0.39 is 0 Å². The van der Waals surface area contributed by atoms with Gasteiger partial charge < -0.3 is 5.32 Å². The first-order valence-electron chi connectivity index (χ1n) is 10.1. The van der Waals surface area contributed by atoms with Gasteiger partial charge in [0.15, 0.2) is 0 Å². The number of amides is 1. The second-order valence-corrected chi connectivity index (χ2v) is 7.56. The number of aryl methyl sites for hydroxylation is 3. The summed E-state index contributed by atoms with van der Waals surface area (Å²) < 4.78 is 3.70. The molecule has 0 aliphatic rings. The molecule has 0 aliphatic carbocycles. The highest BCUT2D eigenvalue weighted by Crippen LogP contribution is 2.26. The Morgan fingerprint density at radius 2 is 2.00 bits per heavy atom. The predicted molar refractivity (Wildman–Crippen MR) is 117 cm³/mol. The molecule has 3 aromatic heterocycles. The van der Waals surface area contributed by atoms with Crippen LogP contribution in [0.4, 0.5) is 0 Å². The Morgan fingerprint density at radius 3 is 2.67 bits per heavy atom. The first kappa shape index (κ1) is 19.8. The maximum absolute atomic E-state index is 13.3. The summed E-state index contributed by atoms with van der Waals surface area (Å²) in [7, 11) is 1.92. The first-order valence-corrected chi connectivity index (χ1v) is 10.1. The summed E-state index contributed by atoms with van der Waals surface area (Å²) in [4.78, 5) is 18.1. The van der Waals surface area contributed by atoms with E-state index >= 15 is 0 Å². The van der Waals surface area contributed by atoms with Crippen LogP contribution in [0.5, 0.6) is 0 Å². The van der Waals surface area contributed by atoms with Gasteiger partial charge in [-0.1, -0.05) is 18.2 Å². The van der Waals surface area contributed by atoms with Gasteiger partial charge in [-0.15, -0.1) is 0 Å². The fraction of sp³-hybridized carbons (Fsp3) is 0.304. The van der Waals surface area contributed by atoms with E-state index in [2.05, 4.69) is 15.5 Å². The van der Waals surface area contributed by atoms with Crippen LogP contribution in [-0.2, 0) is 13.6 Å². The van der Waals surface area contributed by atoms with Gasteiger partial charge in [-0.3, -0.25) is 14.2 Å². The van der Waals surface area contributed by atoms with Gasteiger partial charge in [-0.05, 0) is 39.8 Å². The van der Waals surface area contributed by atoms with Crippen LogP contribution in [0.15, 0.2) is 42.7 Å². The van der Waals surface area contributed by atoms with Gasteiger partial charge in [0.1, 0.15) is 0 Å². The zero-order chi connectivity index (χ0) is 21.4. The number of fused-ring (bicyclic) bond motifs is 1. The Kier molecular flexibility index (Phi) is 5.11. The Bertz CT molecular complexity index is 1240. The van der Waals surface area contributed by atoms with Crippen molar-refractivity contribution in [2.24, 2.45) is 7.05 Å². The van der Waals surface area contributed by atoms with Gasteiger partial charge in [0, 0.05) is 42.0 Å². The molecule has 4 rings (SSSR count). The lowest BCUT2D eigenvalue weighted by molar-refractivity contribution is 0.0941. The SMILES string of the molecule is CCn1cc(-c2cc(C(=O)NC(C)c3c(C)nn(C)c3C)c3ccccc3n2)cn1. The Hall–Kier alpha value is -3.48. The molecule has 7 heteroatoms. The van der Waals surface area contributed by atoms with Crippen LogP contribution in [0.2, 0.25) is 0 Å². The highest BCUT2D eigenvalue weighted by atomic mass is 16.1. The Labute approximate surface area is 175 Å². The molecule has 1 N–H and O–H groups in total. The largest absolute Gasteiger partial charge is 0.345 e. The first-order chi connectivity index (χ1) is 14.4. The van der Waals surface area contributed by atoms with Crippen molar-refractivity contribution in [1.29, 1.82) is 0 Å². The average Bonchev–Trinajstić information content (AvgIpc) is 3.31. The van der Waals surface area contributed by atoms with E-state index in [1.165, 1.54) is 0 Å². The lowest BCUT2D eigenvalue weighted by Gasteiger charge is -2.16. The van der Waals surface area contributed by atoms with Crippen LogP contribution < -0.4 is 5.32 Å². The van der Waals surface area contributed by atoms with E-state index in [0.29, 0.717) is 5.56 Å². The highest BCUT2D eigenvalue weighted by molar-refractivity contribution is 6.07. The van der Waals surface area contributed by atoms with Gasteiger partial charge in [0.05, 0.1) is 34.7 Å². The van der Waals surface area contributed by atoms with Gasteiger partial charge in [-0.25, -0.2) is 4.98 Å². The van der Waals surface area contributed by atoms with E-state index in [0.717, 1.165) is 45.7 Å². The summed E-state index contributed by atoms with van der Waals surface area (Å²) >= 11 is 0. The molecule has 7 nitrogen and oxygen atoms in total. The molecule has 30 heavy (non-hydrogen) atoms. The number of carbonyl (C=O) groups excluding carboxylic acids is 1. The third-order valence-electron chi connectivity index (χ3n) is 5.56. The number of pyridine rings is 1. The number of nitrogens with one attached hydrogen (secondary N) is 1. The second kappa shape index (κ2) is 7.74. The molecule has 0 bridgehead atoms. The lowest BCUT2D eigenvalue weighted by atomic mass is 10.0. The predicted octanol–water partition coefficient (Wildman–Crippen LogP) is 3.96. The third-order valence-corrected chi connectivity index (χ3v) is 5.56. The number of benzene rings is 1. The van der Waals surface area contributed by atoms with Gasteiger partial charge in [0.25, 0.3) is 5.91 Å². The van der Waals surface area contributed by atoms with Crippen LogP contribution >= 0.6 is 0 Å². The van der Waals surface area contributed by atoms with E-state index in [9.17, 15) is 4.79 Å². The monoisotopic (exact) mass is 402 g/mol. The fourth-order valence-electron chi connectivity index (χ4n) is 3.94. The summed E-state index contributed by atoms with van der Waals surface area (Å²) in [5, 5.41) is 12.8. The molecular weight excluding hydrogens is 376 g/mol. The number of hydrogen-bond donors (Lipinski definition) is 1. The van der Waals surface area contributed by atoms with Crippen LogP contribution in [0, 0.1) is 13.8 Å². The molecule has 1 atom stereocenters. The summed E-state index contributed by atoms with van der Waals surface area (Å²) in [6.45, 7) is 8.79. The zero-order valence-corrected chi connectivity index (χ0v) is 18.0. The Morgan fingerprint density at radius 1 is 1.23 bits per heavy atom. The Balaban J connectivity index is 1.74. The van der Waals surface area contributed by atoms with Gasteiger partial charge in [-0.2, -0.15) is 10.2 Å². The molecule has 0 saturated heterocycles. The quantitative estimate of drug-likeness (QED) is 0.548. The topological polar surface area (TPSA) is 77.6 Å². The average molecular weight is 403 g/mol. The minimum atomic E-state index is -0.163. The number of carbonyl (C=O) groups is 1. The molecule has 3 heterocycles. The van der Waals surface area contributed by atoms with Crippen molar-refractivity contribution in [3.8, 4) is 11.3 Å². The number of aromatic nitrogens is 5. The molecule has 0 aliphatic heterocycles. The number of hydrogen-bond acceptors (Lipinski definition) is 4. The fourth-order valence-corrected chi connectivity index (χ4v) is 3.94. The molecule has 0 fully saturated rings. The van der Waals surface area contributed by atoms with E-state index in [1.807, 2.05) is 80.6 Å². The molecule has 0 saturated carbocycles. The minimum absolute atomic E-state index is 0.132. The van der Waals surface area contributed by atoms with Gasteiger partial charge >= 0.3 is 0 Å².